The van der Waals surface area contributed by atoms with E-state index in [1.807, 2.05) is 18.2 Å². The minimum Gasteiger partial charge on any atom is -0.507 e. The molecule has 2 fully saturated rings. The zero-order chi connectivity index (χ0) is 22.6. The fourth-order valence-electron chi connectivity index (χ4n) is 4.48. The molecule has 0 unspecified atom stereocenters. The molecular weight excluding hydrogens is 418 g/mol. The van der Waals surface area contributed by atoms with E-state index in [4.69, 9.17) is 0 Å². The van der Waals surface area contributed by atoms with Gasteiger partial charge in [0.2, 0.25) is 11.6 Å². The molecule has 6 rings (SSSR count). The van der Waals surface area contributed by atoms with Crippen molar-refractivity contribution in [3.05, 3.63) is 36.7 Å². The third-order valence-electron chi connectivity index (χ3n) is 6.83. The molecule has 1 atom stereocenters. The van der Waals surface area contributed by atoms with Gasteiger partial charge in [-0.25, -0.2) is 9.97 Å². The summed E-state index contributed by atoms with van der Waals surface area (Å²) in [6.07, 6.45) is 5.95. The molecule has 4 aromatic rings. The van der Waals surface area contributed by atoms with Crippen LogP contribution in [0.4, 0.5) is 5.95 Å². The number of phenolic OH excluding ortho intramolecular Hbond substituents is 1. The second kappa shape index (κ2) is 7.45. The van der Waals surface area contributed by atoms with Gasteiger partial charge in [-0.1, -0.05) is 13.0 Å². The topological polar surface area (TPSA) is 118 Å². The first kappa shape index (κ1) is 20.0. The van der Waals surface area contributed by atoms with Crippen molar-refractivity contribution in [1.82, 2.24) is 40.5 Å². The largest absolute Gasteiger partial charge is 0.507 e. The summed E-state index contributed by atoms with van der Waals surface area (Å²) in [7, 11) is 1.76. The van der Waals surface area contributed by atoms with Gasteiger partial charge in [0.1, 0.15) is 17.0 Å². The highest BCUT2D eigenvalue weighted by atomic mass is 16.3. The molecule has 4 heterocycles. The van der Waals surface area contributed by atoms with Gasteiger partial charge in [0.05, 0.1) is 6.20 Å². The minimum absolute atomic E-state index is 0.111. The molecule has 1 aromatic carbocycles. The molecule has 10 nitrogen and oxygen atoms in total. The molecule has 1 saturated heterocycles. The predicted octanol–water partition coefficient (Wildman–Crippen LogP) is 2.17. The number of fused-ring (bicyclic) bond motifs is 1. The van der Waals surface area contributed by atoms with Crippen LogP contribution in [0.1, 0.15) is 19.8 Å². The van der Waals surface area contributed by atoms with Gasteiger partial charge in [-0.15, -0.1) is 15.3 Å². The first-order valence-corrected chi connectivity index (χ1v) is 11.2. The van der Waals surface area contributed by atoms with Crippen LogP contribution in [0.3, 0.4) is 0 Å². The van der Waals surface area contributed by atoms with Gasteiger partial charge in [0, 0.05) is 50.0 Å². The lowest BCUT2D eigenvalue weighted by Gasteiger charge is -2.36. The summed E-state index contributed by atoms with van der Waals surface area (Å²) in [6.45, 7) is 5.01. The van der Waals surface area contributed by atoms with E-state index in [9.17, 15) is 5.11 Å². The normalized spacial score (nSPS) is 19.7. The minimum atomic E-state index is 0.111. The average molecular weight is 444 g/mol. The molecule has 168 valence electrons. The maximum atomic E-state index is 10.7. The monoisotopic (exact) mass is 443 g/mol. The number of hydrogen-bond donors (Lipinski definition) is 2. The molecular formula is C23H25N9O. The van der Waals surface area contributed by atoms with Crippen molar-refractivity contribution >= 4 is 17.1 Å². The molecule has 10 heteroatoms. The van der Waals surface area contributed by atoms with Crippen LogP contribution in [0, 0.1) is 5.41 Å². The third kappa shape index (κ3) is 3.66. The van der Waals surface area contributed by atoms with Gasteiger partial charge in [0.15, 0.2) is 0 Å². The van der Waals surface area contributed by atoms with Crippen LogP contribution >= 0.6 is 0 Å². The van der Waals surface area contributed by atoms with E-state index in [0.29, 0.717) is 39.8 Å². The van der Waals surface area contributed by atoms with Crippen LogP contribution in [0.2, 0.25) is 0 Å². The molecule has 1 aliphatic carbocycles. The summed E-state index contributed by atoms with van der Waals surface area (Å²) in [5, 5.41) is 31.6. The Kier molecular flexibility index (Phi) is 4.51. The summed E-state index contributed by atoms with van der Waals surface area (Å²) in [4.78, 5) is 12.6. The van der Waals surface area contributed by atoms with Crippen molar-refractivity contribution in [2.45, 2.75) is 25.8 Å². The Balaban J connectivity index is 1.23. The van der Waals surface area contributed by atoms with Crippen LogP contribution in [0.25, 0.3) is 33.5 Å². The van der Waals surface area contributed by atoms with Crippen LogP contribution in [0.15, 0.2) is 36.7 Å². The number of pyridine rings is 1. The molecule has 0 radical (unpaired) electrons. The number of rotatable bonds is 4. The number of phenols is 1. The number of benzene rings is 1. The summed E-state index contributed by atoms with van der Waals surface area (Å²) in [5.74, 6) is 0.744. The smallest absolute Gasteiger partial charge is 0.245 e. The molecule has 2 N–H and O–H groups in total. The number of hydrogen-bond acceptors (Lipinski definition) is 9. The first-order valence-electron chi connectivity index (χ1n) is 11.2. The van der Waals surface area contributed by atoms with Gasteiger partial charge < -0.3 is 15.3 Å². The Bertz CT molecular complexity index is 1330. The molecule has 0 spiro atoms. The van der Waals surface area contributed by atoms with Crippen LogP contribution < -0.4 is 10.2 Å². The summed E-state index contributed by atoms with van der Waals surface area (Å²) in [5.41, 5.74) is 4.48. The van der Waals surface area contributed by atoms with Crippen LogP contribution in [0.5, 0.6) is 5.75 Å². The lowest BCUT2D eigenvalue weighted by Crippen LogP contribution is -2.54. The highest BCUT2D eigenvalue weighted by Crippen LogP contribution is 2.48. The van der Waals surface area contributed by atoms with Gasteiger partial charge in [-0.2, -0.15) is 9.90 Å². The highest BCUT2D eigenvalue weighted by Gasteiger charge is 2.46. The Hall–Kier alpha value is -3.66. The maximum absolute atomic E-state index is 10.7. The maximum Gasteiger partial charge on any atom is 0.245 e. The Labute approximate surface area is 190 Å². The van der Waals surface area contributed by atoms with Gasteiger partial charge in [0.25, 0.3) is 0 Å². The number of nitrogens with one attached hydrogen (secondary N) is 1. The van der Waals surface area contributed by atoms with Crippen molar-refractivity contribution in [2.75, 3.05) is 24.5 Å². The molecule has 3 aromatic heterocycles. The van der Waals surface area contributed by atoms with Crippen molar-refractivity contribution < 1.29 is 5.11 Å². The van der Waals surface area contributed by atoms with Crippen molar-refractivity contribution in [3.8, 4) is 28.1 Å². The van der Waals surface area contributed by atoms with E-state index in [2.05, 4.69) is 47.5 Å². The SMILES string of the molecule is Cn1nc2cc(-c3ccc(-c4cnc(N5CCN[C@H](C6(C)CC6)C5)nn4)c(O)c3)cnc2n1. The predicted molar refractivity (Wildman–Crippen MR) is 124 cm³/mol. The fourth-order valence-corrected chi connectivity index (χ4v) is 4.48. The standard InChI is InChI=1S/C23H25N9O/c1-23(5-6-23)20-13-32(8-7-24-20)22-26-12-18(27-28-22)16-4-3-14(10-19(16)33)15-9-17-21(25-11-15)30-31(2)29-17/h3-4,9-12,20,24,33H,5-8,13H2,1-2H3/t20-/m0/s1. The summed E-state index contributed by atoms with van der Waals surface area (Å²) >= 11 is 0. The quantitative estimate of drug-likeness (QED) is 0.489. The number of aryl methyl sites for hydroxylation is 1. The Morgan fingerprint density at radius 1 is 1.06 bits per heavy atom. The third-order valence-corrected chi connectivity index (χ3v) is 6.83. The van der Waals surface area contributed by atoms with E-state index < -0.39 is 0 Å². The lowest BCUT2D eigenvalue weighted by molar-refractivity contribution is 0.329. The van der Waals surface area contributed by atoms with E-state index in [-0.39, 0.29) is 5.75 Å². The van der Waals surface area contributed by atoms with Crippen molar-refractivity contribution in [1.29, 1.82) is 0 Å². The number of anilines is 1. The molecule has 0 amide bonds. The second-order valence-electron chi connectivity index (χ2n) is 9.24. The summed E-state index contributed by atoms with van der Waals surface area (Å²) in [6, 6.07) is 7.80. The number of piperazine rings is 1. The molecule has 0 bridgehead atoms. The van der Waals surface area contributed by atoms with Crippen molar-refractivity contribution in [2.24, 2.45) is 12.5 Å². The van der Waals surface area contributed by atoms with Crippen molar-refractivity contribution in [3.63, 3.8) is 0 Å². The first-order chi connectivity index (χ1) is 16.0. The summed E-state index contributed by atoms with van der Waals surface area (Å²) < 4.78 is 0. The van der Waals surface area contributed by atoms with Gasteiger partial charge in [-0.3, -0.25) is 0 Å². The zero-order valence-corrected chi connectivity index (χ0v) is 18.6. The Morgan fingerprint density at radius 3 is 2.70 bits per heavy atom. The van der Waals surface area contributed by atoms with E-state index in [0.717, 1.165) is 30.8 Å². The van der Waals surface area contributed by atoms with E-state index in [1.165, 1.54) is 17.6 Å². The van der Waals surface area contributed by atoms with Gasteiger partial charge in [-0.05, 0) is 42.0 Å². The molecule has 1 saturated carbocycles. The highest BCUT2D eigenvalue weighted by molar-refractivity contribution is 5.79. The van der Waals surface area contributed by atoms with E-state index in [1.54, 1.807) is 25.5 Å². The lowest BCUT2D eigenvalue weighted by atomic mass is 9.97. The number of aromatic nitrogens is 7. The number of nitrogens with zero attached hydrogens (tertiary/aromatic N) is 8. The van der Waals surface area contributed by atoms with E-state index >= 15 is 0 Å². The Morgan fingerprint density at radius 2 is 1.94 bits per heavy atom. The van der Waals surface area contributed by atoms with Crippen LogP contribution in [-0.4, -0.2) is 65.9 Å². The molecule has 1 aliphatic heterocycles. The average Bonchev–Trinajstić information content (AvgIpc) is 3.47. The molecule has 33 heavy (non-hydrogen) atoms. The zero-order valence-electron chi connectivity index (χ0n) is 18.6. The van der Waals surface area contributed by atoms with Gasteiger partial charge >= 0.3 is 0 Å². The fraction of sp³-hybridized carbons (Fsp3) is 0.391. The second-order valence-corrected chi connectivity index (χ2v) is 9.24. The molecule has 2 aliphatic rings. The van der Waals surface area contributed by atoms with Crippen LogP contribution in [-0.2, 0) is 7.05 Å². The number of aromatic hydroxyl groups is 1.